The van der Waals surface area contributed by atoms with E-state index in [0.717, 1.165) is 50.2 Å². The Morgan fingerprint density at radius 3 is 2.22 bits per heavy atom. The SMILES string of the molecule is [Pt+2].[c-]1ccccc1-c1[c-]c(Oc2nc3c(-c4ccccn4)cccc3n2-c2ccccc2-c2ccccc2)ccc1. The van der Waals surface area contributed by atoms with E-state index in [1.165, 1.54) is 0 Å². The molecule has 0 bridgehead atoms. The van der Waals surface area contributed by atoms with Gasteiger partial charge in [-0.05, 0) is 29.8 Å². The molecule has 41 heavy (non-hydrogen) atoms. The van der Waals surface area contributed by atoms with Gasteiger partial charge >= 0.3 is 27.1 Å². The third-order valence-corrected chi connectivity index (χ3v) is 6.79. The number of aromatic nitrogens is 3. The van der Waals surface area contributed by atoms with Crippen LogP contribution < -0.4 is 4.74 Å². The van der Waals surface area contributed by atoms with Gasteiger partial charge in [-0.2, -0.15) is 41.4 Å². The average Bonchev–Trinajstić information content (AvgIpc) is 3.40. The fourth-order valence-electron chi connectivity index (χ4n) is 4.96. The molecule has 7 aromatic rings. The molecule has 4 nitrogen and oxygen atoms in total. The molecule has 0 N–H and O–H groups in total. The van der Waals surface area contributed by atoms with Crippen molar-refractivity contribution in [3.05, 3.63) is 152 Å². The Bertz CT molecular complexity index is 1920. The third kappa shape index (κ3) is 5.22. The van der Waals surface area contributed by atoms with Crippen LogP contribution in [0.1, 0.15) is 0 Å². The largest absolute Gasteiger partial charge is 2.00 e. The van der Waals surface area contributed by atoms with Crippen LogP contribution in [0, 0.1) is 12.1 Å². The first-order valence-electron chi connectivity index (χ1n) is 13.1. The minimum Gasteiger partial charge on any atom is -0.447 e. The molecular weight excluding hydrogens is 685 g/mol. The van der Waals surface area contributed by atoms with Crippen molar-refractivity contribution < 1.29 is 25.8 Å². The Morgan fingerprint density at radius 1 is 0.634 bits per heavy atom. The van der Waals surface area contributed by atoms with Crippen molar-refractivity contribution in [3.63, 3.8) is 0 Å². The molecule has 0 amide bonds. The number of pyridine rings is 1. The number of para-hydroxylation sites is 2. The molecule has 5 aromatic carbocycles. The molecule has 0 saturated heterocycles. The van der Waals surface area contributed by atoms with Gasteiger partial charge in [0, 0.05) is 23.1 Å². The van der Waals surface area contributed by atoms with Crippen LogP contribution in [0.2, 0.25) is 0 Å². The van der Waals surface area contributed by atoms with Crippen molar-refractivity contribution >= 4 is 11.0 Å². The summed E-state index contributed by atoms with van der Waals surface area (Å²) >= 11 is 0. The zero-order chi connectivity index (χ0) is 26.7. The fourth-order valence-corrected chi connectivity index (χ4v) is 4.96. The zero-order valence-corrected chi connectivity index (χ0v) is 24.1. The Balaban J connectivity index is 0.00000302. The Hall–Kier alpha value is -4.79. The molecule has 198 valence electrons. The van der Waals surface area contributed by atoms with Crippen LogP contribution in [-0.4, -0.2) is 14.5 Å². The molecule has 0 aliphatic heterocycles. The van der Waals surface area contributed by atoms with E-state index in [1.807, 2.05) is 84.9 Å². The number of hydrogen-bond donors (Lipinski definition) is 0. The fraction of sp³-hybridized carbons (Fsp3) is 0. The Kier molecular flexibility index (Phi) is 7.58. The number of rotatable bonds is 6. The monoisotopic (exact) mass is 708 g/mol. The van der Waals surface area contributed by atoms with Crippen LogP contribution in [0.15, 0.2) is 140 Å². The molecule has 2 heterocycles. The first-order valence-corrected chi connectivity index (χ1v) is 13.1. The number of fused-ring (bicyclic) bond motifs is 1. The minimum absolute atomic E-state index is 0. The smallest absolute Gasteiger partial charge is 0.447 e. The van der Waals surface area contributed by atoms with Crippen LogP contribution >= 0.6 is 0 Å². The number of nitrogens with zero attached hydrogens (tertiary/aromatic N) is 3. The van der Waals surface area contributed by atoms with Crippen LogP contribution in [0.4, 0.5) is 0 Å². The van der Waals surface area contributed by atoms with E-state index in [2.05, 4.69) is 70.2 Å². The maximum atomic E-state index is 6.55. The van der Waals surface area contributed by atoms with E-state index in [-0.39, 0.29) is 21.1 Å². The van der Waals surface area contributed by atoms with Crippen molar-refractivity contribution in [2.45, 2.75) is 0 Å². The number of benzene rings is 5. The van der Waals surface area contributed by atoms with Gasteiger partial charge in [0.1, 0.15) is 5.52 Å². The summed E-state index contributed by atoms with van der Waals surface area (Å²) in [6, 6.07) is 51.6. The summed E-state index contributed by atoms with van der Waals surface area (Å²) in [5, 5.41) is 0. The van der Waals surface area contributed by atoms with Gasteiger partial charge in [-0.15, -0.1) is 18.2 Å². The molecule has 0 fully saturated rings. The average molecular weight is 709 g/mol. The van der Waals surface area contributed by atoms with Gasteiger partial charge in [-0.1, -0.05) is 66.7 Å². The summed E-state index contributed by atoms with van der Waals surface area (Å²) < 4.78 is 8.64. The molecule has 0 saturated carbocycles. The van der Waals surface area contributed by atoms with Crippen molar-refractivity contribution in [1.82, 2.24) is 14.5 Å². The van der Waals surface area contributed by atoms with Crippen molar-refractivity contribution in [1.29, 1.82) is 0 Å². The van der Waals surface area contributed by atoms with Crippen LogP contribution in [0.5, 0.6) is 11.8 Å². The molecule has 5 heteroatoms. The van der Waals surface area contributed by atoms with Gasteiger partial charge < -0.3 is 4.74 Å². The molecule has 7 rings (SSSR count). The van der Waals surface area contributed by atoms with Gasteiger partial charge in [-0.25, -0.2) is 11.1 Å². The molecule has 0 radical (unpaired) electrons. The van der Waals surface area contributed by atoms with E-state index in [0.29, 0.717) is 11.8 Å². The standard InChI is InChI=1S/C36H23N3O.Pt/c1-3-13-26(14-4-1)28-17-11-18-29(25-28)40-36-38-35-31(32-21-9-10-24-37-32)20-12-23-34(35)39(36)33-22-8-7-19-30(33)27-15-5-2-6-16-27;/h1-13,15-24H;/q-2;+2. The third-order valence-electron chi connectivity index (χ3n) is 6.79. The van der Waals surface area contributed by atoms with Gasteiger partial charge in [0.15, 0.2) is 0 Å². The van der Waals surface area contributed by atoms with Gasteiger partial charge in [-0.3, -0.25) is 9.55 Å². The first-order chi connectivity index (χ1) is 19.8. The predicted molar refractivity (Wildman–Crippen MR) is 159 cm³/mol. The second-order valence-electron chi connectivity index (χ2n) is 9.31. The first kappa shape index (κ1) is 26.4. The van der Waals surface area contributed by atoms with Crippen LogP contribution in [-0.2, 0) is 21.1 Å². The summed E-state index contributed by atoms with van der Waals surface area (Å²) in [4.78, 5) is 9.68. The van der Waals surface area contributed by atoms with Crippen LogP contribution in [0.3, 0.4) is 0 Å². The van der Waals surface area contributed by atoms with E-state index >= 15 is 0 Å². The summed E-state index contributed by atoms with van der Waals surface area (Å²) in [6.45, 7) is 0. The Labute approximate surface area is 253 Å². The maximum Gasteiger partial charge on any atom is 2.00 e. The molecule has 0 atom stereocenters. The summed E-state index contributed by atoms with van der Waals surface area (Å²) in [7, 11) is 0. The second kappa shape index (κ2) is 11.8. The zero-order valence-electron chi connectivity index (χ0n) is 21.8. The van der Waals surface area contributed by atoms with Crippen LogP contribution in [0.25, 0.3) is 50.2 Å². The van der Waals surface area contributed by atoms with Gasteiger partial charge in [0.2, 0.25) is 0 Å². The van der Waals surface area contributed by atoms with E-state index in [4.69, 9.17) is 9.72 Å². The molecular formula is C36H23N3OPt. The predicted octanol–water partition coefficient (Wildman–Crippen LogP) is 8.81. The quantitative estimate of drug-likeness (QED) is 0.162. The molecule has 0 aliphatic carbocycles. The molecule has 0 aliphatic rings. The van der Waals surface area contributed by atoms with Gasteiger partial charge in [0.05, 0.1) is 16.9 Å². The molecule has 2 aromatic heterocycles. The van der Waals surface area contributed by atoms with E-state index < -0.39 is 0 Å². The number of hydrogen-bond acceptors (Lipinski definition) is 3. The summed E-state index contributed by atoms with van der Waals surface area (Å²) in [6.07, 6.45) is 1.80. The second-order valence-corrected chi connectivity index (χ2v) is 9.31. The normalized spacial score (nSPS) is 10.7. The number of ether oxygens (including phenoxy) is 1. The summed E-state index contributed by atoms with van der Waals surface area (Å²) in [5.74, 6) is 0.572. The minimum atomic E-state index is 0. The van der Waals surface area contributed by atoms with Gasteiger partial charge in [0.25, 0.3) is 0 Å². The van der Waals surface area contributed by atoms with Crippen molar-refractivity contribution in [2.75, 3.05) is 0 Å². The van der Waals surface area contributed by atoms with Crippen molar-refractivity contribution in [2.24, 2.45) is 0 Å². The molecule has 0 spiro atoms. The molecule has 0 unspecified atom stereocenters. The Morgan fingerprint density at radius 2 is 1.39 bits per heavy atom. The van der Waals surface area contributed by atoms with E-state index in [9.17, 15) is 0 Å². The topological polar surface area (TPSA) is 39.9 Å². The maximum absolute atomic E-state index is 6.55. The summed E-state index contributed by atoms with van der Waals surface area (Å²) in [5.41, 5.74) is 8.54. The van der Waals surface area contributed by atoms with E-state index in [1.54, 1.807) is 6.20 Å². The number of imidazole rings is 1. The van der Waals surface area contributed by atoms with Crippen molar-refractivity contribution in [3.8, 4) is 51.0 Å².